The van der Waals surface area contributed by atoms with E-state index in [1.807, 2.05) is 6.07 Å². The fourth-order valence-corrected chi connectivity index (χ4v) is 3.51. The highest BCUT2D eigenvalue weighted by Gasteiger charge is 2.31. The summed E-state index contributed by atoms with van der Waals surface area (Å²) in [6, 6.07) is 9.93. The van der Waals surface area contributed by atoms with Crippen LogP contribution in [0, 0.1) is 0 Å². The van der Waals surface area contributed by atoms with Gasteiger partial charge in [-0.1, -0.05) is 17.3 Å². The summed E-state index contributed by atoms with van der Waals surface area (Å²) in [4.78, 5) is 19.6. The molecule has 33 heavy (non-hydrogen) atoms. The minimum absolute atomic E-state index is 0.00129. The van der Waals surface area contributed by atoms with E-state index >= 15 is 0 Å². The molecule has 1 aliphatic rings. The van der Waals surface area contributed by atoms with Crippen molar-refractivity contribution in [3.8, 4) is 11.5 Å². The number of methoxy groups -OCH3 is 2. The molecule has 1 heterocycles. The summed E-state index contributed by atoms with van der Waals surface area (Å²) >= 11 is 0. The second-order valence-corrected chi connectivity index (χ2v) is 7.45. The van der Waals surface area contributed by atoms with Crippen molar-refractivity contribution in [1.29, 1.82) is 0 Å². The molecule has 0 bridgehead atoms. The first kappa shape index (κ1) is 24.2. The Bertz CT molecular complexity index is 1010. The van der Waals surface area contributed by atoms with Crippen LogP contribution in [0.4, 0.5) is 18.0 Å². The van der Waals surface area contributed by atoms with E-state index in [9.17, 15) is 18.0 Å². The van der Waals surface area contributed by atoms with E-state index in [-0.39, 0.29) is 13.1 Å². The number of rotatable bonds is 8. The van der Waals surface area contributed by atoms with Gasteiger partial charge >= 0.3 is 12.2 Å². The molecule has 0 spiro atoms. The third kappa shape index (κ3) is 6.09. The quantitative estimate of drug-likeness (QED) is 0.626. The molecule has 2 amide bonds. The maximum Gasteiger partial charge on any atom is 0.416 e. The number of halogens is 3. The molecular formula is C23H26F3N3O4. The summed E-state index contributed by atoms with van der Waals surface area (Å²) in [5.74, 6) is 1.13. The lowest BCUT2D eigenvalue weighted by molar-refractivity contribution is -0.137. The molecule has 2 aromatic rings. The number of urea groups is 1. The van der Waals surface area contributed by atoms with Crippen LogP contribution in [0.3, 0.4) is 0 Å². The smallest absolute Gasteiger partial charge is 0.416 e. The highest BCUT2D eigenvalue weighted by Crippen LogP contribution is 2.31. The molecule has 7 nitrogen and oxygen atoms in total. The zero-order chi connectivity index (χ0) is 24.0. The van der Waals surface area contributed by atoms with Crippen LogP contribution in [-0.4, -0.2) is 50.1 Å². The van der Waals surface area contributed by atoms with E-state index in [4.69, 9.17) is 14.3 Å². The molecule has 178 valence electrons. The Labute approximate surface area is 190 Å². The van der Waals surface area contributed by atoms with Crippen molar-refractivity contribution in [1.82, 2.24) is 10.2 Å². The van der Waals surface area contributed by atoms with Crippen molar-refractivity contribution in [2.45, 2.75) is 32.2 Å². The Morgan fingerprint density at radius 1 is 1.18 bits per heavy atom. The molecule has 0 aliphatic carbocycles. The Kier molecular flexibility index (Phi) is 7.67. The minimum Gasteiger partial charge on any atom is -0.493 e. The predicted octanol–water partition coefficient (Wildman–Crippen LogP) is 4.45. The van der Waals surface area contributed by atoms with Gasteiger partial charge in [0.1, 0.15) is 0 Å². The van der Waals surface area contributed by atoms with Gasteiger partial charge in [0.25, 0.3) is 0 Å². The monoisotopic (exact) mass is 465 g/mol. The number of nitrogens with one attached hydrogen (secondary N) is 1. The molecule has 3 rings (SSSR count). The number of carbonyl (C=O) groups is 1. The molecule has 10 heteroatoms. The van der Waals surface area contributed by atoms with Gasteiger partial charge in [-0.15, -0.1) is 0 Å². The van der Waals surface area contributed by atoms with Crippen molar-refractivity contribution in [3.63, 3.8) is 0 Å². The SMILES string of the molecule is CCNC(=O)N(Cc1cccc(C(F)(F)F)c1)CC1CC(c2ccc(OC)c(OC)c2)=NO1. The topological polar surface area (TPSA) is 72.4 Å². The van der Waals surface area contributed by atoms with Crippen LogP contribution in [0.1, 0.15) is 30.0 Å². The van der Waals surface area contributed by atoms with Gasteiger partial charge in [0, 0.05) is 25.1 Å². The van der Waals surface area contributed by atoms with Crippen molar-refractivity contribution in [2.75, 3.05) is 27.3 Å². The Balaban J connectivity index is 1.71. The summed E-state index contributed by atoms with van der Waals surface area (Å²) in [7, 11) is 3.08. The first-order chi connectivity index (χ1) is 15.7. The molecule has 2 aromatic carbocycles. The van der Waals surface area contributed by atoms with E-state index in [0.29, 0.717) is 35.7 Å². The van der Waals surface area contributed by atoms with Crippen LogP contribution in [-0.2, 0) is 17.6 Å². The Morgan fingerprint density at radius 2 is 1.94 bits per heavy atom. The summed E-state index contributed by atoms with van der Waals surface area (Å²) in [6.07, 6.45) is -4.47. The van der Waals surface area contributed by atoms with Crippen LogP contribution < -0.4 is 14.8 Å². The predicted molar refractivity (Wildman–Crippen MR) is 116 cm³/mol. The number of alkyl halides is 3. The third-order valence-electron chi connectivity index (χ3n) is 5.12. The number of carbonyl (C=O) groups excluding carboxylic acids is 1. The van der Waals surface area contributed by atoms with Crippen LogP contribution in [0.5, 0.6) is 11.5 Å². The normalized spacial score (nSPS) is 15.5. The number of hydrogen-bond acceptors (Lipinski definition) is 5. The second kappa shape index (κ2) is 10.5. The number of oxime groups is 1. The number of ether oxygens (including phenoxy) is 2. The van der Waals surface area contributed by atoms with E-state index in [0.717, 1.165) is 17.7 Å². The van der Waals surface area contributed by atoms with Crippen molar-refractivity contribution >= 4 is 11.7 Å². The van der Waals surface area contributed by atoms with E-state index in [1.54, 1.807) is 32.2 Å². The maximum atomic E-state index is 13.1. The molecule has 0 saturated heterocycles. The number of amides is 2. The highest BCUT2D eigenvalue weighted by molar-refractivity contribution is 6.01. The fraction of sp³-hybridized carbons (Fsp3) is 0.391. The Hall–Kier alpha value is -3.43. The zero-order valence-corrected chi connectivity index (χ0v) is 18.6. The zero-order valence-electron chi connectivity index (χ0n) is 18.6. The molecular weight excluding hydrogens is 439 g/mol. The van der Waals surface area contributed by atoms with Gasteiger partial charge in [-0.3, -0.25) is 0 Å². The van der Waals surface area contributed by atoms with Gasteiger partial charge in [-0.25, -0.2) is 4.79 Å². The molecule has 0 radical (unpaired) electrons. The van der Waals surface area contributed by atoms with E-state index in [1.165, 1.54) is 18.1 Å². The van der Waals surface area contributed by atoms with Crippen LogP contribution in [0.15, 0.2) is 47.6 Å². The van der Waals surface area contributed by atoms with Gasteiger partial charge in [-0.05, 0) is 42.8 Å². The second-order valence-electron chi connectivity index (χ2n) is 7.45. The number of benzene rings is 2. The standard InChI is InChI=1S/C23H26F3N3O4/c1-4-27-22(30)29(13-15-6-5-7-17(10-15)23(24,25)26)14-18-12-19(28-33-18)16-8-9-20(31-2)21(11-16)32-3/h5-11,18H,4,12-14H2,1-3H3,(H,27,30). The lowest BCUT2D eigenvalue weighted by Gasteiger charge is -2.25. The largest absolute Gasteiger partial charge is 0.493 e. The van der Waals surface area contributed by atoms with Crippen LogP contribution in [0.2, 0.25) is 0 Å². The average Bonchev–Trinajstić information content (AvgIpc) is 3.26. The van der Waals surface area contributed by atoms with Gasteiger partial charge in [0.2, 0.25) is 0 Å². The summed E-state index contributed by atoms with van der Waals surface area (Å²) in [5, 5.41) is 6.84. The lowest BCUT2D eigenvalue weighted by Crippen LogP contribution is -2.43. The molecule has 0 saturated carbocycles. The van der Waals surface area contributed by atoms with Crippen molar-refractivity contribution in [3.05, 3.63) is 59.2 Å². The first-order valence-electron chi connectivity index (χ1n) is 10.4. The van der Waals surface area contributed by atoms with Crippen molar-refractivity contribution in [2.24, 2.45) is 5.16 Å². The molecule has 0 fully saturated rings. The fourth-order valence-electron chi connectivity index (χ4n) is 3.51. The summed E-state index contributed by atoms with van der Waals surface area (Å²) in [5.41, 5.74) is 1.08. The maximum absolute atomic E-state index is 13.1. The Morgan fingerprint density at radius 3 is 2.61 bits per heavy atom. The van der Waals surface area contributed by atoms with Crippen LogP contribution in [0.25, 0.3) is 0 Å². The molecule has 1 unspecified atom stereocenters. The van der Waals surface area contributed by atoms with Gasteiger partial charge in [0.05, 0.1) is 32.0 Å². The average molecular weight is 465 g/mol. The minimum atomic E-state index is -4.46. The van der Waals surface area contributed by atoms with E-state index < -0.39 is 23.9 Å². The molecule has 1 N–H and O–H groups in total. The van der Waals surface area contributed by atoms with Crippen LogP contribution >= 0.6 is 0 Å². The number of hydrogen-bond donors (Lipinski definition) is 1. The van der Waals surface area contributed by atoms with Crippen molar-refractivity contribution < 1.29 is 32.3 Å². The summed E-state index contributed by atoms with van der Waals surface area (Å²) in [6.45, 7) is 2.31. The van der Waals surface area contributed by atoms with Gasteiger partial charge < -0.3 is 24.5 Å². The van der Waals surface area contributed by atoms with E-state index in [2.05, 4.69) is 10.5 Å². The first-order valence-corrected chi connectivity index (χ1v) is 10.4. The number of nitrogens with zero attached hydrogens (tertiary/aromatic N) is 2. The molecule has 1 atom stereocenters. The van der Waals surface area contributed by atoms with Gasteiger partial charge in [-0.2, -0.15) is 13.2 Å². The highest BCUT2D eigenvalue weighted by atomic mass is 19.4. The molecule has 1 aliphatic heterocycles. The molecule has 0 aromatic heterocycles. The third-order valence-corrected chi connectivity index (χ3v) is 5.12. The lowest BCUT2D eigenvalue weighted by atomic mass is 10.0. The summed E-state index contributed by atoms with van der Waals surface area (Å²) < 4.78 is 49.8. The van der Waals surface area contributed by atoms with Gasteiger partial charge in [0.15, 0.2) is 17.6 Å².